The molecule has 1 N–H and O–H groups in total. The van der Waals surface area contributed by atoms with Gasteiger partial charge in [-0.2, -0.15) is 5.10 Å². The van der Waals surface area contributed by atoms with Crippen LogP contribution in [0.3, 0.4) is 0 Å². The molecule has 0 amide bonds. The van der Waals surface area contributed by atoms with Gasteiger partial charge in [0.1, 0.15) is 0 Å². The van der Waals surface area contributed by atoms with E-state index in [9.17, 15) is 0 Å². The van der Waals surface area contributed by atoms with Crippen molar-refractivity contribution in [2.24, 2.45) is 0 Å². The van der Waals surface area contributed by atoms with Gasteiger partial charge in [-0.25, -0.2) is 4.98 Å². The van der Waals surface area contributed by atoms with Crippen LogP contribution in [0.15, 0.2) is 30.6 Å². The van der Waals surface area contributed by atoms with Gasteiger partial charge in [0.05, 0.1) is 18.1 Å². The van der Waals surface area contributed by atoms with Crippen LogP contribution in [-0.2, 0) is 13.1 Å². The molecule has 0 spiro atoms. The van der Waals surface area contributed by atoms with E-state index in [1.807, 2.05) is 36.1 Å². The molecule has 0 unspecified atom stereocenters. The summed E-state index contributed by atoms with van der Waals surface area (Å²) < 4.78 is 7.54. The molecule has 2 heterocycles. The predicted molar refractivity (Wildman–Crippen MR) is 69.6 cm³/mol. The molecular formula is C13H18N4O. The molecule has 0 radical (unpaired) electrons. The number of ether oxygens (including phenoxy) is 1. The zero-order valence-electron chi connectivity index (χ0n) is 10.8. The minimum atomic E-state index is 0.596. The molecule has 0 aliphatic carbocycles. The average Bonchev–Trinajstić information content (AvgIpc) is 2.78. The van der Waals surface area contributed by atoms with Gasteiger partial charge in [-0.3, -0.25) is 4.68 Å². The van der Waals surface area contributed by atoms with Crippen molar-refractivity contribution < 1.29 is 4.74 Å². The van der Waals surface area contributed by atoms with Crippen molar-refractivity contribution in [3.63, 3.8) is 0 Å². The number of aryl methyl sites for hydroxylation is 1. The Bertz CT molecular complexity index is 495. The van der Waals surface area contributed by atoms with Crippen LogP contribution in [0.2, 0.25) is 0 Å². The Hall–Kier alpha value is -1.88. The number of hydrogen-bond acceptors (Lipinski definition) is 4. The Balaban J connectivity index is 2.05. The lowest BCUT2D eigenvalue weighted by atomic mass is 10.3. The number of pyridine rings is 1. The summed E-state index contributed by atoms with van der Waals surface area (Å²) in [7, 11) is 1.89. The highest BCUT2D eigenvalue weighted by Gasteiger charge is 2.03. The summed E-state index contributed by atoms with van der Waals surface area (Å²) in [6.07, 6.45) is 4.65. The van der Waals surface area contributed by atoms with Gasteiger partial charge in [0, 0.05) is 19.2 Å². The normalized spacial score (nSPS) is 10.6. The lowest BCUT2D eigenvalue weighted by Gasteiger charge is -2.04. The molecule has 0 aromatic carbocycles. The molecule has 2 aromatic heterocycles. The molecule has 96 valence electrons. The van der Waals surface area contributed by atoms with Crippen molar-refractivity contribution >= 4 is 0 Å². The van der Waals surface area contributed by atoms with Gasteiger partial charge in [0.25, 0.3) is 0 Å². The molecule has 5 heteroatoms. The van der Waals surface area contributed by atoms with Crippen LogP contribution in [0.5, 0.6) is 11.6 Å². The monoisotopic (exact) mass is 246 g/mol. The zero-order valence-corrected chi connectivity index (χ0v) is 10.8. The summed E-state index contributed by atoms with van der Waals surface area (Å²) in [5.74, 6) is 1.32. The highest BCUT2D eigenvalue weighted by molar-refractivity contribution is 5.23. The topological polar surface area (TPSA) is 52.0 Å². The van der Waals surface area contributed by atoms with Crippen LogP contribution in [-0.4, -0.2) is 21.8 Å². The minimum absolute atomic E-state index is 0.596. The Morgan fingerprint density at radius 3 is 3.06 bits per heavy atom. The van der Waals surface area contributed by atoms with Gasteiger partial charge >= 0.3 is 0 Å². The van der Waals surface area contributed by atoms with Crippen molar-refractivity contribution in [2.45, 2.75) is 26.4 Å². The van der Waals surface area contributed by atoms with Gasteiger partial charge < -0.3 is 10.1 Å². The van der Waals surface area contributed by atoms with Crippen molar-refractivity contribution in [3.05, 3.63) is 36.3 Å². The summed E-state index contributed by atoms with van der Waals surface area (Å²) in [4.78, 5) is 4.39. The zero-order chi connectivity index (χ0) is 12.8. The third-order valence-corrected chi connectivity index (χ3v) is 2.42. The molecule has 0 saturated heterocycles. The van der Waals surface area contributed by atoms with Crippen LogP contribution in [0.4, 0.5) is 0 Å². The molecule has 0 saturated carbocycles. The second-order valence-electron chi connectivity index (χ2n) is 4.04. The largest absolute Gasteiger partial charge is 0.436 e. The van der Waals surface area contributed by atoms with Crippen LogP contribution >= 0.6 is 0 Å². The molecule has 0 fully saturated rings. The van der Waals surface area contributed by atoms with Gasteiger partial charge in [0.15, 0.2) is 5.75 Å². The van der Waals surface area contributed by atoms with E-state index in [1.54, 1.807) is 6.20 Å². The third kappa shape index (κ3) is 3.30. The smallest absolute Gasteiger partial charge is 0.219 e. The van der Waals surface area contributed by atoms with E-state index >= 15 is 0 Å². The van der Waals surface area contributed by atoms with Crippen molar-refractivity contribution in [1.82, 2.24) is 20.1 Å². The third-order valence-electron chi connectivity index (χ3n) is 2.42. The van der Waals surface area contributed by atoms with Gasteiger partial charge in [-0.05, 0) is 19.5 Å². The number of nitrogens with one attached hydrogen (secondary N) is 1. The highest BCUT2D eigenvalue weighted by Crippen LogP contribution is 2.18. The van der Waals surface area contributed by atoms with Gasteiger partial charge in [-0.1, -0.05) is 13.0 Å². The van der Waals surface area contributed by atoms with E-state index in [0.29, 0.717) is 5.88 Å². The molecule has 2 rings (SSSR count). The van der Waals surface area contributed by atoms with Gasteiger partial charge in [-0.15, -0.1) is 0 Å². The van der Waals surface area contributed by atoms with E-state index in [2.05, 4.69) is 22.3 Å². The van der Waals surface area contributed by atoms with Gasteiger partial charge in [0.2, 0.25) is 5.88 Å². The lowest BCUT2D eigenvalue weighted by Crippen LogP contribution is -2.06. The predicted octanol–water partition coefficient (Wildman–Crippen LogP) is 2.20. The fourth-order valence-electron chi connectivity index (χ4n) is 1.66. The molecule has 0 aliphatic rings. The maximum absolute atomic E-state index is 5.67. The Kier molecular flexibility index (Phi) is 4.30. The lowest BCUT2D eigenvalue weighted by molar-refractivity contribution is 0.458. The standard InChI is InChI=1S/C13H18N4O/c1-3-7-17-10-12(9-15-17)18-13-6-4-5-11(16-13)8-14-2/h4-6,9-10,14H,3,7-8H2,1-2H3. The Morgan fingerprint density at radius 2 is 2.28 bits per heavy atom. The SMILES string of the molecule is CCCn1cc(Oc2cccc(CNC)n2)cn1. The first-order valence-corrected chi connectivity index (χ1v) is 6.12. The maximum atomic E-state index is 5.67. The maximum Gasteiger partial charge on any atom is 0.219 e. The first-order chi connectivity index (χ1) is 8.81. The summed E-state index contributed by atoms with van der Waals surface area (Å²) in [6.45, 7) is 3.74. The Labute approximate surface area is 107 Å². The van der Waals surface area contributed by atoms with Crippen LogP contribution < -0.4 is 10.1 Å². The number of hydrogen-bond donors (Lipinski definition) is 1. The molecular weight excluding hydrogens is 228 g/mol. The summed E-state index contributed by atoms with van der Waals surface area (Å²) in [6, 6.07) is 5.74. The second-order valence-corrected chi connectivity index (χ2v) is 4.04. The average molecular weight is 246 g/mol. The second kappa shape index (κ2) is 6.16. The van der Waals surface area contributed by atoms with E-state index in [4.69, 9.17) is 4.74 Å². The molecule has 2 aromatic rings. The molecule has 18 heavy (non-hydrogen) atoms. The highest BCUT2D eigenvalue weighted by atomic mass is 16.5. The number of rotatable bonds is 6. The fraction of sp³-hybridized carbons (Fsp3) is 0.385. The summed E-state index contributed by atoms with van der Waals surface area (Å²) >= 11 is 0. The molecule has 0 atom stereocenters. The van der Waals surface area contributed by atoms with E-state index in [-0.39, 0.29) is 0 Å². The van der Waals surface area contributed by atoms with Crippen LogP contribution in [0.1, 0.15) is 19.0 Å². The van der Waals surface area contributed by atoms with E-state index in [1.165, 1.54) is 0 Å². The quantitative estimate of drug-likeness (QED) is 0.849. The molecule has 5 nitrogen and oxygen atoms in total. The van der Waals surface area contributed by atoms with Crippen molar-refractivity contribution in [3.8, 4) is 11.6 Å². The van der Waals surface area contributed by atoms with Crippen LogP contribution in [0, 0.1) is 0 Å². The first kappa shape index (κ1) is 12.6. The fourth-order valence-corrected chi connectivity index (χ4v) is 1.66. The first-order valence-electron chi connectivity index (χ1n) is 6.12. The van der Waals surface area contributed by atoms with E-state index < -0.39 is 0 Å². The Morgan fingerprint density at radius 1 is 1.39 bits per heavy atom. The molecule has 0 aliphatic heterocycles. The molecule has 0 bridgehead atoms. The summed E-state index contributed by atoms with van der Waals surface area (Å²) in [5, 5.41) is 7.27. The van der Waals surface area contributed by atoms with Crippen molar-refractivity contribution in [1.29, 1.82) is 0 Å². The number of nitrogens with zero attached hydrogens (tertiary/aromatic N) is 3. The summed E-state index contributed by atoms with van der Waals surface area (Å²) in [5.41, 5.74) is 0.955. The van der Waals surface area contributed by atoms with Crippen LogP contribution in [0.25, 0.3) is 0 Å². The minimum Gasteiger partial charge on any atom is -0.436 e. The number of aromatic nitrogens is 3. The van der Waals surface area contributed by atoms with E-state index in [0.717, 1.165) is 31.0 Å². The van der Waals surface area contributed by atoms with Crippen molar-refractivity contribution in [2.75, 3.05) is 7.05 Å².